The first kappa shape index (κ1) is 27.2. The van der Waals surface area contributed by atoms with E-state index in [9.17, 15) is 14.4 Å². The second-order valence-electron chi connectivity index (χ2n) is 9.08. The average molecular weight is 506 g/mol. The highest BCUT2D eigenvalue weighted by Gasteiger charge is 2.22. The third-order valence-electron chi connectivity index (χ3n) is 5.52. The molecule has 0 aliphatic carbocycles. The number of furan rings is 1. The molecule has 0 bridgehead atoms. The summed E-state index contributed by atoms with van der Waals surface area (Å²) in [5.74, 6) is -0.140. The van der Waals surface area contributed by atoms with Crippen molar-refractivity contribution in [1.29, 1.82) is 0 Å². The number of hydrogen-bond acceptors (Lipinski definition) is 6. The van der Waals surface area contributed by atoms with Gasteiger partial charge in [-0.25, -0.2) is 10.2 Å². The highest BCUT2D eigenvalue weighted by atomic mass is 16.5. The molecule has 3 N–H and O–H groups in total. The number of carboxylic acids is 1. The van der Waals surface area contributed by atoms with Crippen LogP contribution in [0.3, 0.4) is 0 Å². The molecule has 9 nitrogen and oxygen atoms in total. The van der Waals surface area contributed by atoms with Crippen LogP contribution >= 0.6 is 0 Å². The van der Waals surface area contributed by atoms with E-state index in [4.69, 9.17) is 14.3 Å². The first-order valence-electron chi connectivity index (χ1n) is 11.9. The number of rotatable bonds is 11. The first-order valence-corrected chi connectivity index (χ1v) is 11.9. The van der Waals surface area contributed by atoms with Crippen molar-refractivity contribution < 1.29 is 28.6 Å². The summed E-state index contributed by atoms with van der Waals surface area (Å²) in [6, 6.07) is 14.6. The zero-order valence-electron chi connectivity index (χ0n) is 21.3. The van der Waals surface area contributed by atoms with E-state index in [1.165, 1.54) is 18.3 Å². The number of carbonyl (C=O) groups is 3. The average Bonchev–Trinajstić information content (AvgIpc) is 3.32. The maximum absolute atomic E-state index is 12.7. The van der Waals surface area contributed by atoms with Gasteiger partial charge in [-0.15, -0.1) is 0 Å². The summed E-state index contributed by atoms with van der Waals surface area (Å²) >= 11 is 0. The Morgan fingerprint density at radius 2 is 1.70 bits per heavy atom. The maximum Gasteiger partial charge on any atom is 0.335 e. The lowest BCUT2D eigenvalue weighted by molar-refractivity contribution is -0.130. The minimum absolute atomic E-state index is 0.153. The standard InChI is InChI=1S/C28H31N3O6/c1-17(2)14-23(30-25(32)16-36-26-18(3)6-5-7-19(26)4)27(33)31-29-15-22-12-13-24(37-22)20-8-10-21(11-9-20)28(34)35/h5-13,15,17,23H,14,16H2,1-4H3,(H,30,32)(H,31,33)(H,34,35)/b29-15-/t23-/m1/s1. The Bertz CT molecular complexity index is 1260. The van der Waals surface area contributed by atoms with Crippen LogP contribution in [0.15, 0.2) is 64.1 Å². The number of nitrogens with zero attached hydrogens (tertiary/aromatic N) is 1. The van der Waals surface area contributed by atoms with E-state index in [2.05, 4.69) is 15.8 Å². The number of carbonyl (C=O) groups excluding carboxylic acids is 2. The number of aromatic carboxylic acids is 1. The summed E-state index contributed by atoms with van der Waals surface area (Å²) in [7, 11) is 0. The molecular formula is C28H31N3O6. The lowest BCUT2D eigenvalue weighted by atomic mass is 10.0. The molecule has 1 heterocycles. The Morgan fingerprint density at radius 3 is 2.32 bits per heavy atom. The van der Waals surface area contributed by atoms with Crippen molar-refractivity contribution >= 4 is 24.0 Å². The van der Waals surface area contributed by atoms with E-state index < -0.39 is 23.8 Å². The van der Waals surface area contributed by atoms with E-state index >= 15 is 0 Å². The van der Waals surface area contributed by atoms with Gasteiger partial charge in [0.15, 0.2) is 6.61 Å². The lowest BCUT2D eigenvalue weighted by Gasteiger charge is -2.19. The zero-order valence-corrected chi connectivity index (χ0v) is 21.3. The van der Waals surface area contributed by atoms with Crippen LogP contribution in [0.1, 0.15) is 47.5 Å². The molecule has 2 amide bonds. The fourth-order valence-electron chi connectivity index (χ4n) is 3.70. The molecule has 0 saturated carbocycles. The van der Waals surface area contributed by atoms with Crippen molar-refractivity contribution in [3.63, 3.8) is 0 Å². The summed E-state index contributed by atoms with van der Waals surface area (Å²) in [6.07, 6.45) is 1.78. The van der Waals surface area contributed by atoms with E-state index in [0.717, 1.165) is 11.1 Å². The Kier molecular flexibility index (Phi) is 9.21. The van der Waals surface area contributed by atoms with Gasteiger partial charge in [0, 0.05) is 5.56 Å². The second kappa shape index (κ2) is 12.5. The van der Waals surface area contributed by atoms with Gasteiger partial charge in [0.05, 0.1) is 11.8 Å². The van der Waals surface area contributed by atoms with Crippen molar-refractivity contribution in [2.45, 2.75) is 40.2 Å². The highest BCUT2D eigenvalue weighted by Crippen LogP contribution is 2.23. The quantitative estimate of drug-likeness (QED) is 0.263. The number of hydrazone groups is 1. The topological polar surface area (TPSA) is 130 Å². The Hall–Kier alpha value is -4.40. The Labute approximate surface area is 215 Å². The fourth-order valence-corrected chi connectivity index (χ4v) is 3.70. The molecule has 0 spiro atoms. The van der Waals surface area contributed by atoms with Crippen LogP contribution in [0.2, 0.25) is 0 Å². The predicted octanol–water partition coefficient (Wildman–Crippen LogP) is 4.32. The Morgan fingerprint density at radius 1 is 1.03 bits per heavy atom. The normalized spacial score (nSPS) is 11.9. The van der Waals surface area contributed by atoms with Gasteiger partial charge >= 0.3 is 5.97 Å². The van der Waals surface area contributed by atoms with Gasteiger partial charge in [0.1, 0.15) is 23.3 Å². The number of aryl methyl sites for hydroxylation is 2. The molecule has 3 rings (SSSR count). The van der Waals surface area contributed by atoms with Crippen molar-refractivity contribution in [2.24, 2.45) is 11.0 Å². The van der Waals surface area contributed by atoms with Crippen LogP contribution in [0.25, 0.3) is 11.3 Å². The number of benzene rings is 2. The predicted molar refractivity (Wildman–Crippen MR) is 140 cm³/mol. The van der Waals surface area contributed by atoms with Gasteiger partial charge in [0.25, 0.3) is 11.8 Å². The van der Waals surface area contributed by atoms with Crippen LogP contribution in [0.4, 0.5) is 0 Å². The molecule has 0 saturated heterocycles. The molecule has 0 aliphatic heterocycles. The van der Waals surface area contributed by atoms with Gasteiger partial charge in [0.2, 0.25) is 0 Å². The minimum Gasteiger partial charge on any atom is -0.483 e. The molecular weight excluding hydrogens is 474 g/mol. The summed E-state index contributed by atoms with van der Waals surface area (Å²) in [4.78, 5) is 36.3. The summed E-state index contributed by atoms with van der Waals surface area (Å²) < 4.78 is 11.4. The maximum atomic E-state index is 12.7. The van der Waals surface area contributed by atoms with E-state index in [1.807, 2.05) is 45.9 Å². The summed E-state index contributed by atoms with van der Waals surface area (Å²) in [5, 5.41) is 15.7. The van der Waals surface area contributed by atoms with Gasteiger partial charge in [-0.2, -0.15) is 5.10 Å². The minimum atomic E-state index is -1.00. The number of amides is 2. The summed E-state index contributed by atoms with van der Waals surface area (Å²) in [5.41, 5.74) is 5.19. The molecule has 2 aromatic carbocycles. The number of ether oxygens (including phenoxy) is 1. The van der Waals surface area contributed by atoms with Gasteiger partial charge < -0.3 is 19.6 Å². The monoisotopic (exact) mass is 505 g/mol. The van der Waals surface area contributed by atoms with Crippen molar-refractivity contribution in [3.05, 3.63) is 77.0 Å². The molecule has 0 radical (unpaired) electrons. The molecule has 0 fully saturated rings. The molecule has 0 unspecified atom stereocenters. The van der Waals surface area contributed by atoms with E-state index in [-0.39, 0.29) is 18.1 Å². The van der Waals surface area contributed by atoms with Crippen molar-refractivity contribution in [3.8, 4) is 17.1 Å². The molecule has 3 aromatic rings. The molecule has 9 heteroatoms. The van der Waals surface area contributed by atoms with Crippen LogP contribution in [-0.2, 0) is 9.59 Å². The fraction of sp³-hybridized carbons (Fsp3) is 0.286. The van der Waals surface area contributed by atoms with E-state index in [1.54, 1.807) is 24.3 Å². The third kappa shape index (κ3) is 7.79. The van der Waals surface area contributed by atoms with Crippen molar-refractivity contribution in [2.75, 3.05) is 6.61 Å². The molecule has 1 aromatic heterocycles. The molecule has 37 heavy (non-hydrogen) atoms. The second-order valence-corrected chi connectivity index (χ2v) is 9.08. The van der Waals surface area contributed by atoms with Crippen LogP contribution in [0.5, 0.6) is 5.75 Å². The number of hydrogen-bond donors (Lipinski definition) is 3. The lowest BCUT2D eigenvalue weighted by Crippen LogP contribution is -2.47. The van der Waals surface area contributed by atoms with Gasteiger partial charge in [-0.05, 0) is 61.6 Å². The van der Waals surface area contributed by atoms with Crippen LogP contribution < -0.4 is 15.5 Å². The van der Waals surface area contributed by atoms with E-state index in [0.29, 0.717) is 29.3 Å². The smallest absolute Gasteiger partial charge is 0.335 e. The van der Waals surface area contributed by atoms with Crippen LogP contribution in [-0.4, -0.2) is 41.8 Å². The highest BCUT2D eigenvalue weighted by molar-refractivity contribution is 5.89. The number of nitrogens with one attached hydrogen (secondary N) is 2. The molecule has 1 atom stereocenters. The Balaban J connectivity index is 1.57. The SMILES string of the molecule is Cc1cccc(C)c1OCC(=O)N[C@H](CC(C)C)C(=O)N/N=C\c1ccc(-c2ccc(C(=O)O)cc2)o1. The number of carboxylic acid groups (broad SMARTS) is 1. The zero-order chi connectivity index (χ0) is 26.9. The molecule has 0 aliphatic rings. The third-order valence-corrected chi connectivity index (χ3v) is 5.52. The van der Waals surface area contributed by atoms with Gasteiger partial charge in [-0.3, -0.25) is 9.59 Å². The van der Waals surface area contributed by atoms with Crippen LogP contribution in [0, 0.1) is 19.8 Å². The summed E-state index contributed by atoms with van der Waals surface area (Å²) in [6.45, 7) is 7.51. The van der Waals surface area contributed by atoms with Gasteiger partial charge in [-0.1, -0.05) is 44.2 Å². The molecule has 194 valence electrons. The first-order chi connectivity index (χ1) is 17.6. The largest absolute Gasteiger partial charge is 0.483 e. The number of para-hydroxylation sites is 1. The van der Waals surface area contributed by atoms with Crippen molar-refractivity contribution in [1.82, 2.24) is 10.7 Å².